The summed E-state index contributed by atoms with van der Waals surface area (Å²) in [4.78, 5) is 11.1. The average Bonchev–Trinajstić information content (AvgIpc) is 2.74. The fraction of sp³-hybridized carbons (Fsp3) is 0.240. The first-order chi connectivity index (χ1) is 14.7. The molecule has 31 heavy (non-hydrogen) atoms. The van der Waals surface area contributed by atoms with Crippen LogP contribution in [0.3, 0.4) is 0 Å². The third kappa shape index (κ3) is 6.82. The third-order valence-electron chi connectivity index (χ3n) is 4.95. The van der Waals surface area contributed by atoms with Gasteiger partial charge in [-0.3, -0.25) is 4.79 Å². The number of carbonyl (C=O) groups excluding carboxylic acids is 1. The van der Waals surface area contributed by atoms with Gasteiger partial charge >= 0.3 is 0 Å². The molecule has 0 fully saturated rings. The van der Waals surface area contributed by atoms with Crippen molar-refractivity contribution in [1.82, 2.24) is 5.32 Å². The van der Waals surface area contributed by atoms with Crippen LogP contribution in [0.2, 0.25) is 5.02 Å². The number of ether oxygens (including phenoxy) is 1. The summed E-state index contributed by atoms with van der Waals surface area (Å²) in [5, 5.41) is 14.5. The minimum atomic E-state index is -0.630. The molecule has 0 unspecified atom stereocenters. The maximum Gasteiger partial charge on any atom is 0.248 e. The molecule has 1 amide bonds. The van der Waals surface area contributed by atoms with E-state index >= 15 is 0 Å². The van der Waals surface area contributed by atoms with Crippen molar-refractivity contribution in [3.63, 3.8) is 0 Å². The number of β-amino-alcohol motifs (C(OH)–C–C–N with tert-alkyl or cyclic N) is 1. The molecule has 0 spiro atoms. The zero-order valence-electron chi connectivity index (χ0n) is 17.6. The first-order valence-electron chi connectivity index (χ1n) is 10.1. The van der Waals surface area contributed by atoms with Crippen LogP contribution in [0, 0.1) is 0 Å². The summed E-state index contributed by atoms with van der Waals surface area (Å²) in [7, 11) is 0. The number of amides is 1. The Bertz CT molecular complexity index is 1020. The Morgan fingerprint density at radius 1 is 1.06 bits per heavy atom. The lowest BCUT2D eigenvalue weighted by atomic mass is 9.94. The van der Waals surface area contributed by atoms with Gasteiger partial charge in [-0.05, 0) is 79.9 Å². The van der Waals surface area contributed by atoms with Crippen molar-refractivity contribution < 1.29 is 14.6 Å². The Morgan fingerprint density at radius 3 is 2.26 bits per heavy atom. The van der Waals surface area contributed by atoms with E-state index in [1.165, 1.54) is 0 Å². The molecule has 5 nitrogen and oxygen atoms in total. The van der Waals surface area contributed by atoms with Crippen molar-refractivity contribution in [2.24, 2.45) is 5.73 Å². The van der Waals surface area contributed by atoms with Gasteiger partial charge in [0.05, 0.1) is 6.10 Å². The number of nitrogens with one attached hydrogen (secondary N) is 1. The first-order valence-corrected chi connectivity index (χ1v) is 10.4. The molecule has 3 aromatic rings. The third-order valence-corrected chi connectivity index (χ3v) is 5.19. The summed E-state index contributed by atoms with van der Waals surface area (Å²) < 4.78 is 5.82. The number of hydrogen-bond donors (Lipinski definition) is 3. The molecule has 0 aliphatic rings. The molecule has 3 rings (SSSR count). The van der Waals surface area contributed by atoms with Crippen LogP contribution in [0.1, 0.15) is 41.4 Å². The summed E-state index contributed by atoms with van der Waals surface area (Å²) in [6.45, 7) is 4.63. The smallest absolute Gasteiger partial charge is 0.248 e. The standard InChI is InChI=1S/C25H27ClN2O3/c1-25(2,28-16-23(29)19-4-3-5-20(26)14-19)15-17-6-10-21(11-7-17)31-22-12-8-18(9-13-22)24(27)30/h3-14,23,28-29H,15-16H2,1-2H3,(H2,27,30)/t23-/m1/s1. The molecular weight excluding hydrogens is 412 g/mol. The largest absolute Gasteiger partial charge is 0.457 e. The Hall–Kier alpha value is -2.86. The maximum atomic E-state index is 11.1. The number of benzene rings is 3. The quantitative estimate of drug-likeness (QED) is 0.444. The molecule has 0 saturated heterocycles. The lowest BCUT2D eigenvalue weighted by Gasteiger charge is -2.28. The topological polar surface area (TPSA) is 84.6 Å². The van der Waals surface area contributed by atoms with E-state index in [1.807, 2.05) is 36.4 Å². The van der Waals surface area contributed by atoms with Gasteiger partial charge < -0.3 is 20.9 Å². The van der Waals surface area contributed by atoms with Crippen molar-refractivity contribution >= 4 is 17.5 Å². The highest BCUT2D eigenvalue weighted by atomic mass is 35.5. The highest BCUT2D eigenvalue weighted by molar-refractivity contribution is 6.30. The van der Waals surface area contributed by atoms with Crippen LogP contribution in [0.15, 0.2) is 72.8 Å². The second-order valence-corrected chi connectivity index (χ2v) is 8.58. The molecule has 0 saturated carbocycles. The van der Waals surface area contributed by atoms with Crippen LogP contribution in [0.5, 0.6) is 11.5 Å². The molecular formula is C25H27ClN2O3. The maximum absolute atomic E-state index is 11.1. The normalized spacial score (nSPS) is 12.4. The summed E-state index contributed by atoms with van der Waals surface area (Å²) in [6, 6.07) is 21.8. The van der Waals surface area contributed by atoms with Crippen LogP contribution >= 0.6 is 11.6 Å². The van der Waals surface area contributed by atoms with E-state index in [0.29, 0.717) is 28.6 Å². The SMILES string of the molecule is CC(C)(Cc1ccc(Oc2ccc(C(N)=O)cc2)cc1)NC[C@@H](O)c1cccc(Cl)c1. The van der Waals surface area contributed by atoms with E-state index in [1.54, 1.807) is 36.4 Å². The summed E-state index contributed by atoms with van der Waals surface area (Å²) in [6.07, 6.45) is 0.151. The molecule has 0 aliphatic heterocycles. The lowest BCUT2D eigenvalue weighted by molar-refractivity contribution is 0.1000. The van der Waals surface area contributed by atoms with Crippen LogP contribution in [0.4, 0.5) is 0 Å². The Morgan fingerprint density at radius 2 is 1.68 bits per heavy atom. The lowest BCUT2D eigenvalue weighted by Crippen LogP contribution is -2.43. The van der Waals surface area contributed by atoms with Crippen molar-refractivity contribution in [1.29, 1.82) is 0 Å². The highest BCUT2D eigenvalue weighted by Gasteiger charge is 2.20. The van der Waals surface area contributed by atoms with Gasteiger partial charge in [-0.25, -0.2) is 0 Å². The molecule has 3 aromatic carbocycles. The molecule has 162 valence electrons. The van der Waals surface area contributed by atoms with Crippen molar-refractivity contribution in [2.45, 2.75) is 31.9 Å². The number of aliphatic hydroxyl groups excluding tert-OH is 1. The van der Waals surface area contributed by atoms with E-state index in [-0.39, 0.29) is 5.54 Å². The molecule has 0 radical (unpaired) electrons. The van der Waals surface area contributed by atoms with Crippen molar-refractivity contribution in [3.8, 4) is 11.5 Å². The van der Waals surface area contributed by atoms with Crippen molar-refractivity contribution in [2.75, 3.05) is 6.54 Å². The second-order valence-electron chi connectivity index (χ2n) is 8.15. The number of carbonyl (C=O) groups is 1. The fourth-order valence-electron chi connectivity index (χ4n) is 3.28. The second kappa shape index (κ2) is 9.96. The van der Waals surface area contributed by atoms with E-state index in [9.17, 15) is 9.90 Å². The number of hydrogen-bond acceptors (Lipinski definition) is 4. The van der Waals surface area contributed by atoms with Crippen LogP contribution in [-0.4, -0.2) is 23.1 Å². The van der Waals surface area contributed by atoms with Gasteiger partial charge in [-0.2, -0.15) is 0 Å². The van der Waals surface area contributed by atoms with Gasteiger partial charge in [0, 0.05) is 22.7 Å². The summed E-state index contributed by atoms with van der Waals surface area (Å²) >= 11 is 6.01. The minimum Gasteiger partial charge on any atom is -0.457 e. The predicted octanol–water partition coefficient (Wildman–Crippen LogP) is 4.88. The number of halogens is 1. The number of nitrogens with two attached hydrogens (primary N) is 1. The molecule has 0 heterocycles. The zero-order valence-corrected chi connectivity index (χ0v) is 18.4. The van der Waals surface area contributed by atoms with E-state index in [2.05, 4.69) is 19.2 Å². The van der Waals surface area contributed by atoms with Gasteiger partial charge in [0.1, 0.15) is 11.5 Å². The molecule has 0 bridgehead atoms. The molecule has 6 heteroatoms. The minimum absolute atomic E-state index is 0.216. The monoisotopic (exact) mass is 438 g/mol. The molecule has 1 atom stereocenters. The highest BCUT2D eigenvalue weighted by Crippen LogP contribution is 2.24. The fourth-order valence-corrected chi connectivity index (χ4v) is 3.47. The first kappa shape index (κ1) is 22.8. The van der Waals surface area contributed by atoms with Gasteiger partial charge in [0.2, 0.25) is 5.91 Å². The number of rotatable bonds is 9. The van der Waals surface area contributed by atoms with Gasteiger partial charge in [-0.1, -0.05) is 35.9 Å². The van der Waals surface area contributed by atoms with E-state index in [4.69, 9.17) is 22.1 Å². The molecule has 0 aliphatic carbocycles. The molecule has 4 N–H and O–H groups in total. The van der Waals surface area contributed by atoms with E-state index in [0.717, 1.165) is 17.5 Å². The van der Waals surface area contributed by atoms with Gasteiger partial charge in [-0.15, -0.1) is 0 Å². The molecule has 0 aromatic heterocycles. The Labute approximate surface area is 187 Å². The summed E-state index contributed by atoms with van der Waals surface area (Å²) in [5.74, 6) is 0.875. The van der Waals surface area contributed by atoms with Gasteiger partial charge in [0.25, 0.3) is 0 Å². The average molecular weight is 439 g/mol. The predicted molar refractivity (Wildman–Crippen MR) is 124 cm³/mol. The van der Waals surface area contributed by atoms with Crippen molar-refractivity contribution in [3.05, 3.63) is 94.5 Å². The van der Waals surface area contributed by atoms with E-state index < -0.39 is 12.0 Å². The summed E-state index contributed by atoms with van der Waals surface area (Å²) in [5.41, 5.74) is 7.42. The van der Waals surface area contributed by atoms with Crippen LogP contribution in [-0.2, 0) is 6.42 Å². The number of aliphatic hydroxyl groups is 1. The Balaban J connectivity index is 1.54. The van der Waals surface area contributed by atoms with Crippen LogP contribution < -0.4 is 15.8 Å². The number of primary amides is 1. The van der Waals surface area contributed by atoms with Gasteiger partial charge in [0.15, 0.2) is 0 Å². The van der Waals surface area contributed by atoms with Crippen LogP contribution in [0.25, 0.3) is 0 Å². The zero-order chi connectivity index (χ0) is 22.4. The Kier molecular flexibility index (Phi) is 7.33.